The van der Waals surface area contributed by atoms with Gasteiger partial charge in [0.05, 0.1) is 5.69 Å². The summed E-state index contributed by atoms with van der Waals surface area (Å²) in [5.41, 5.74) is 1.40. The first-order chi connectivity index (χ1) is 6.68. The highest BCUT2D eigenvalue weighted by Crippen LogP contribution is 2.13. The van der Waals surface area contributed by atoms with E-state index >= 15 is 0 Å². The average Bonchev–Trinajstić information content (AvgIpc) is 2.49. The molecule has 1 heterocycles. The van der Waals surface area contributed by atoms with Crippen LogP contribution in [-0.4, -0.2) is 14.7 Å². The second-order valence-corrected chi connectivity index (χ2v) is 3.09. The number of hydrogen-bond donors (Lipinski definition) is 2. The summed E-state index contributed by atoms with van der Waals surface area (Å²) in [6.45, 7) is 1.84. The Hall–Kier alpha value is -1.97. The van der Waals surface area contributed by atoms with Gasteiger partial charge >= 0.3 is 5.69 Å². The smallest absolute Gasteiger partial charge is 0.330 e. The molecule has 0 saturated heterocycles. The molecule has 0 aliphatic rings. The van der Waals surface area contributed by atoms with Gasteiger partial charge in [-0.15, -0.1) is 0 Å². The van der Waals surface area contributed by atoms with E-state index in [1.165, 1.54) is 0 Å². The molecule has 2 N–H and O–H groups in total. The number of imidazole rings is 1. The minimum Gasteiger partial charge on any atom is -0.508 e. The van der Waals surface area contributed by atoms with Crippen LogP contribution < -0.4 is 5.69 Å². The number of benzene rings is 1. The molecule has 0 amide bonds. The van der Waals surface area contributed by atoms with Crippen LogP contribution in [0, 0.1) is 6.92 Å². The van der Waals surface area contributed by atoms with E-state index in [2.05, 4.69) is 4.98 Å². The molecular weight excluding hydrogens is 180 g/mol. The summed E-state index contributed by atoms with van der Waals surface area (Å²) < 4.78 is 1.54. The van der Waals surface area contributed by atoms with Gasteiger partial charge in [-0.25, -0.2) is 4.79 Å². The zero-order chi connectivity index (χ0) is 10.1. The molecule has 2 aromatic rings. The highest BCUT2D eigenvalue weighted by molar-refractivity contribution is 5.37. The lowest BCUT2D eigenvalue weighted by atomic mass is 10.3. The Kier molecular flexibility index (Phi) is 1.89. The summed E-state index contributed by atoms with van der Waals surface area (Å²) in [6, 6.07) is 6.48. The molecule has 0 saturated carbocycles. The van der Waals surface area contributed by atoms with Gasteiger partial charge in [-0.1, -0.05) is 0 Å². The summed E-state index contributed by atoms with van der Waals surface area (Å²) in [4.78, 5) is 14.0. The molecule has 0 aliphatic carbocycles. The van der Waals surface area contributed by atoms with Gasteiger partial charge in [-0.05, 0) is 31.2 Å². The van der Waals surface area contributed by atoms with Crippen LogP contribution in [0.5, 0.6) is 5.75 Å². The number of H-pyrrole nitrogens is 1. The van der Waals surface area contributed by atoms with Gasteiger partial charge in [-0.2, -0.15) is 0 Å². The molecule has 0 spiro atoms. The van der Waals surface area contributed by atoms with Crippen molar-refractivity contribution in [1.82, 2.24) is 9.55 Å². The Labute approximate surface area is 80.4 Å². The number of nitrogens with one attached hydrogen (secondary N) is 1. The predicted octanol–water partition coefficient (Wildman–Crippen LogP) is 1.18. The van der Waals surface area contributed by atoms with E-state index in [4.69, 9.17) is 5.11 Å². The van der Waals surface area contributed by atoms with Crippen LogP contribution in [0.15, 0.2) is 35.3 Å². The Morgan fingerprint density at radius 2 is 1.93 bits per heavy atom. The maximum atomic E-state index is 11.4. The number of aromatic amines is 1. The zero-order valence-corrected chi connectivity index (χ0v) is 7.69. The van der Waals surface area contributed by atoms with E-state index in [1.807, 2.05) is 6.92 Å². The topological polar surface area (TPSA) is 58.0 Å². The second-order valence-electron chi connectivity index (χ2n) is 3.09. The van der Waals surface area contributed by atoms with E-state index in [0.717, 1.165) is 11.4 Å². The molecule has 4 nitrogen and oxygen atoms in total. The molecule has 4 heteroatoms. The van der Waals surface area contributed by atoms with Crippen molar-refractivity contribution in [3.05, 3.63) is 46.6 Å². The van der Waals surface area contributed by atoms with Crippen LogP contribution in [0.4, 0.5) is 0 Å². The van der Waals surface area contributed by atoms with Gasteiger partial charge in [0.15, 0.2) is 0 Å². The first kappa shape index (κ1) is 8.62. The number of phenolic OH excluding ortho intramolecular Hbond substituents is 1. The minimum atomic E-state index is -0.173. The molecule has 0 bridgehead atoms. The van der Waals surface area contributed by atoms with Gasteiger partial charge in [0.2, 0.25) is 0 Å². The summed E-state index contributed by atoms with van der Waals surface area (Å²) in [7, 11) is 0. The van der Waals surface area contributed by atoms with E-state index in [-0.39, 0.29) is 11.4 Å². The second kappa shape index (κ2) is 3.06. The van der Waals surface area contributed by atoms with Gasteiger partial charge in [0, 0.05) is 11.9 Å². The maximum Gasteiger partial charge on any atom is 0.330 e. The van der Waals surface area contributed by atoms with E-state index in [1.54, 1.807) is 35.0 Å². The Bertz CT molecular complexity index is 494. The van der Waals surface area contributed by atoms with Crippen molar-refractivity contribution in [1.29, 1.82) is 0 Å². The number of aryl methyl sites for hydroxylation is 1. The van der Waals surface area contributed by atoms with Crippen molar-refractivity contribution in [2.75, 3.05) is 0 Å². The molecule has 1 aromatic heterocycles. The highest BCUT2D eigenvalue weighted by atomic mass is 16.3. The maximum absolute atomic E-state index is 11.4. The highest BCUT2D eigenvalue weighted by Gasteiger charge is 2.03. The van der Waals surface area contributed by atoms with Gasteiger partial charge < -0.3 is 10.1 Å². The van der Waals surface area contributed by atoms with E-state index < -0.39 is 0 Å². The largest absolute Gasteiger partial charge is 0.508 e. The lowest BCUT2D eigenvalue weighted by molar-refractivity contribution is 0.475. The number of rotatable bonds is 1. The summed E-state index contributed by atoms with van der Waals surface area (Å²) in [5, 5.41) is 9.10. The Morgan fingerprint density at radius 1 is 1.29 bits per heavy atom. The molecule has 0 fully saturated rings. The molecule has 0 aliphatic heterocycles. The summed E-state index contributed by atoms with van der Waals surface area (Å²) >= 11 is 0. The molecule has 0 atom stereocenters. The lowest BCUT2D eigenvalue weighted by Crippen LogP contribution is -2.15. The third-order valence-corrected chi connectivity index (χ3v) is 2.07. The molecule has 14 heavy (non-hydrogen) atoms. The summed E-state index contributed by atoms with van der Waals surface area (Å²) in [5.74, 6) is 0.190. The number of aromatic hydroxyl groups is 1. The molecule has 1 aromatic carbocycles. The van der Waals surface area contributed by atoms with Gasteiger partial charge in [-0.3, -0.25) is 4.57 Å². The molecule has 0 radical (unpaired) electrons. The van der Waals surface area contributed by atoms with Crippen molar-refractivity contribution in [2.24, 2.45) is 0 Å². The minimum absolute atomic E-state index is 0.173. The molecule has 2 rings (SSSR count). The molecule has 72 valence electrons. The number of nitrogens with zero attached hydrogens (tertiary/aromatic N) is 1. The Balaban J connectivity index is 2.60. The van der Waals surface area contributed by atoms with Crippen LogP contribution >= 0.6 is 0 Å². The van der Waals surface area contributed by atoms with Crippen LogP contribution in [0.2, 0.25) is 0 Å². The molecular formula is C10H10N2O2. The van der Waals surface area contributed by atoms with Crippen molar-refractivity contribution < 1.29 is 5.11 Å². The fourth-order valence-corrected chi connectivity index (χ4v) is 1.38. The fraction of sp³-hybridized carbons (Fsp3) is 0.100. The van der Waals surface area contributed by atoms with E-state index in [0.29, 0.717) is 0 Å². The fourth-order valence-electron chi connectivity index (χ4n) is 1.38. The third kappa shape index (κ3) is 1.31. The number of phenols is 1. The van der Waals surface area contributed by atoms with Gasteiger partial charge in [0.1, 0.15) is 5.75 Å². The van der Waals surface area contributed by atoms with Gasteiger partial charge in [0.25, 0.3) is 0 Å². The van der Waals surface area contributed by atoms with Crippen LogP contribution in [-0.2, 0) is 0 Å². The number of hydrogen-bond acceptors (Lipinski definition) is 2. The van der Waals surface area contributed by atoms with Crippen LogP contribution in [0.25, 0.3) is 5.69 Å². The normalized spacial score (nSPS) is 10.4. The van der Waals surface area contributed by atoms with Crippen molar-refractivity contribution in [3.8, 4) is 11.4 Å². The molecule has 0 unspecified atom stereocenters. The number of aromatic nitrogens is 2. The monoisotopic (exact) mass is 190 g/mol. The Morgan fingerprint density at radius 3 is 2.43 bits per heavy atom. The standard InChI is InChI=1S/C10H10N2O2/c1-7-6-11-10(14)12(7)8-2-4-9(13)5-3-8/h2-6,13H,1H3,(H,11,14). The van der Waals surface area contributed by atoms with E-state index in [9.17, 15) is 4.79 Å². The van der Waals surface area contributed by atoms with Crippen LogP contribution in [0.3, 0.4) is 0 Å². The van der Waals surface area contributed by atoms with Crippen molar-refractivity contribution in [3.63, 3.8) is 0 Å². The van der Waals surface area contributed by atoms with Crippen molar-refractivity contribution in [2.45, 2.75) is 6.92 Å². The SMILES string of the molecule is Cc1c[nH]c(=O)n1-c1ccc(O)cc1. The van der Waals surface area contributed by atoms with Crippen LogP contribution in [0.1, 0.15) is 5.69 Å². The zero-order valence-electron chi connectivity index (χ0n) is 7.69. The first-order valence-corrected chi connectivity index (χ1v) is 4.25. The average molecular weight is 190 g/mol. The van der Waals surface area contributed by atoms with Crippen molar-refractivity contribution >= 4 is 0 Å². The predicted molar refractivity (Wildman–Crippen MR) is 52.8 cm³/mol. The first-order valence-electron chi connectivity index (χ1n) is 4.25. The quantitative estimate of drug-likeness (QED) is 0.709. The lowest BCUT2D eigenvalue weighted by Gasteiger charge is -2.03. The summed E-state index contributed by atoms with van der Waals surface area (Å²) in [6.07, 6.45) is 1.65. The third-order valence-electron chi connectivity index (χ3n) is 2.07.